The van der Waals surface area contributed by atoms with Gasteiger partial charge in [-0.1, -0.05) is 17.7 Å². The molecule has 0 bridgehead atoms. The lowest BCUT2D eigenvalue weighted by molar-refractivity contribution is -0.148. The number of carbonyl (C=O) groups is 1. The number of carboxylic acid groups (broad SMARTS) is 1. The Balaban J connectivity index is 2.57. The first-order valence-corrected chi connectivity index (χ1v) is 5.52. The summed E-state index contributed by atoms with van der Waals surface area (Å²) >= 11 is 1.21. The van der Waals surface area contributed by atoms with Gasteiger partial charge in [0.25, 0.3) is 0 Å². The Bertz CT molecular complexity index is 346. The second kappa shape index (κ2) is 4.66. The molecule has 1 atom stereocenters. The predicted molar refractivity (Wildman–Crippen MR) is 59.1 cm³/mol. The summed E-state index contributed by atoms with van der Waals surface area (Å²) in [7, 11) is 0. The molecule has 1 unspecified atom stereocenters. The molecule has 0 aliphatic heterocycles. The first kappa shape index (κ1) is 12.0. The van der Waals surface area contributed by atoms with Crippen LogP contribution in [0.15, 0.2) is 29.2 Å². The zero-order valence-corrected chi connectivity index (χ0v) is 9.47. The van der Waals surface area contributed by atoms with Crippen molar-refractivity contribution in [3.05, 3.63) is 29.8 Å². The maximum atomic E-state index is 13.4. The van der Waals surface area contributed by atoms with Crippen LogP contribution in [0, 0.1) is 6.92 Å². The number of carboxylic acids is 1. The summed E-state index contributed by atoms with van der Waals surface area (Å²) in [4.78, 5) is 11.4. The maximum absolute atomic E-state index is 13.4. The molecule has 0 fully saturated rings. The van der Waals surface area contributed by atoms with Crippen LogP contribution in [0.2, 0.25) is 0 Å². The number of aliphatic carboxylic acids is 1. The number of thioether (sulfide) groups is 1. The minimum Gasteiger partial charge on any atom is -0.479 e. The van der Waals surface area contributed by atoms with Gasteiger partial charge in [-0.05, 0) is 26.0 Å². The summed E-state index contributed by atoms with van der Waals surface area (Å²) in [6, 6.07) is 7.55. The molecule has 4 heteroatoms. The summed E-state index contributed by atoms with van der Waals surface area (Å²) in [5.41, 5.74) is -1.05. The second-order valence-corrected chi connectivity index (χ2v) is 4.65. The first-order chi connectivity index (χ1) is 6.92. The Morgan fingerprint density at radius 3 is 2.47 bits per heavy atom. The number of rotatable bonds is 4. The lowest BCUT2D eigenvalue weighted by atomic mass is 10.2. The monoisotopic (exact) mass is 228 g/mol. The van der Waals surface area contributed by atoms with Crippen molar-refractivity contribution in [3.63, 3.8) is 0 Å². The molecule has 0 spiro atoms. The highest BCUT2D eigenvalue weighted by atomic mass is 32.2. The van der Waals surface area contributed by atoms with Crippen LogP contribution in [0.3, 0.4) is 0 Å². The zero-order valence-electron chi connectivity index (χ0n) is 8.66. The van der Waals surface area contributed by atoms with Crippen molar-refractivity contribution in [2.45, 2.75) is 24.4 Å². The van der Waals surface area contributed by atoms with Gasteiger partial charge in [-0.15, -0.1) is 11.8 Å². The van der Waals surface area contributed by atoms with Crippen LogP contribution in [-0.2, 0) is 4.79 Å². The van der Waals surface area contributed by atoms with Gasteiger partial charge in [0.15, 0.2) is 0 Å². The van der Waals surface area contributed by atoms with E-state index in [2.05, 4.69) is 0 Å². The Morgan fingerprint density at radius 2 is 2.00 bits per heavy atom. The number of hydrogen-bond donors (Lipinski definition) is 1. The fraction of sp³-hybridized carbons (Fsp3) is 0.364. The average Bonchev–Trinajstić information content (AvgIpc) is 2.17. The standard InChI is InChI=1S/C11H13FO2S/c1-8-3-5-9(6-4-8)15-7-11(2,12)10(13)14/h3-6H,7H2,1-2H3,(H,13,14). The van der Waals surface area contributed by atoms with Crippen molar-refractivity contribution < 1.29 is 14.3 Å². The third-order valence-electron chi connectivity index (χ3n) is 1.98. The Labute approximate surface area is 92.5 Å². The number of benzene rings is 1. The van der Waals surface area contributed by atoms with Gasteiger partial charge >= 0.3 is 5.97 Å². The summed E-state index contributed by atoms with van der Waals surface area (Å²) in [5, 5.41) is 8.58. The van der Waals surface area contributed by atoms with Crippen molar-refractivity contribution in [1.29, 1.82) is 0 Å². The lowest BCUT2D eigenvalue weighted by Gasteiger charge is -2.13. The van der Waals surface area contributed by atoms with Crippen LogP contribution in [0.25, 0.3) is 0 Å². The topological polar surface area (TPSA) is 37.3 Å². The molecule has 0 heterocycles. The first-order valence-electron chi connectivity index (χ1n) is 4.53. The maximum Gasteiger partial charge on any atom is 0.342 e. The Hall–Kier alpha value is -1.03. The molecule has 1 rings (SSSR count). The molecule has 0 aromatic heterocycles. The largest absolute Gasteiger partial charge is 0.479 e. The molecule has 0 saturated carbocycles. The molecule has 15 heavy (non-hydrogen) atoms. The molecule has 0 saturated heterocycles. The van der Waals surface area contributed by atoms with Crippen LogP contribution in [-0.4, -0.2) is 22.5 Å². The van der Waals surface area contributed by atoms with Gasteiger partial charge < -0.3 is 5.11 Å². The minimum atomic E-state index is -2.17. The van der Waals surface area contributed by atoms with Crippen molar-refractivity contribution in [2.24, 2.45) is 0 Å². The lowest BCUT2D eigenvalue weighted by Crippen LogP contribution is -2.32. The highest BCUT2D eigenvalue weighted by Gasteiger charge is 2.32. The molecule has 82 valence electrons. The predicted octanol–water partition coefficient (Wildman–Crippen LogP) is 2.90. The van der Waals surface area contributed by atoms with Crippen molar-refractivity contribution in [2.75, 3.05) is 5.75 Å². The SMILES string of the molecule is Cc1ccc(SCC(C)(F)C(=O)O)cc1. The molecule has 0 amide bonds. The van der Waals surface area contributed by atoms with E-state index in [0.717, 1.165) is 17.4 Å². The molecule has 0 aliphatic rings. The molecular formula is C11H13FO2S. The van der Waals surface area contributed by atoms with E-state index in [1.165, 1.54) is 11.8 Å². The molecular weight excluding hydrogens is 215 g/mol. The van der Waals surface area contributed by atoms with Crippen molar-refractivity contribution >= 4 is 17.7 Å². The van der Waals surface area contributed by atoms with Crippen molar-refractivity contribution in [3.8, 4) is 0 Å². The van der Waals surface area contributed by atoms with Crippen LogP contribution in [0.4, 0.5) is 4.39 Å². The number of alkyl halides is 1. The fourth-order valence-electron chi connectivity index (χ4n) is 0.915. The van der Waals surface area contributed by atoms with Crippen LogP contribution in [0.5, 0.6) is 0 Å². The summed E-state index contributed by atoms with van der Waals surface area (Å²) in [5.74, 6) is -1.49. The van der Waals surface area contributed by atoms with Crippen molar-refractivity contribution in [1.82, 2.24) is 0 Å². The van der Waals surface area contributed by atoms with Crippen LogP contribution in [0.1, 0.15) is 12.5 Å². The summed E-state index contributed by atoms with van der Waals surface area (Å²) < 4.78 is 13.4. The number of hydrogen-bond acceptors (Lipinski definition) is 2. The van der Waals surface area contributed by atoms with Crippen LogP contribution >= 0.6 is 11.8 Å². The summed E-state index contributed by atoms with van der Waals surface area (Å²) in [6.07, 6.45) is 0. The normalized spacial score (nSPS) is 14.6. The fourth-order valence-corrected chi connectivity index (χ4v) is 1.80. The third-order valence-corrected chi connectivity index (χ3v) is 3.27. The van der Waals surface area contributed by atoms with E-state index in [1.807, 2.05) is 31.2 Å². The number of aryl methyl sites for hydroxylation is 1. The van der Waals surface area contributed by atoms with Gasteiger partial charge in [0.1, 0.15) is 0 Å². The molecule has 1 aromatic carbocycles. The molecule has 0 radical (unpaired) electrons. The van der Waals surface area contributed by atoms with Gasteiger partial charge in [0.2, 0.25) is 5.67 Å². The zero-order chi connectivity index (χ0) is 11.5. The molecule has 0 aliphatic carbocycles. The van der Waals surface area contributed by atoms with E-state index < -0.39 is 11.6 Å². The van der Waals surface area contributed by atoms with Gasteiger partial charge in [-0.3, -0.25) is 0 Å². The quantitative estimate of drug-likeness (QED) is 0.805. The Kier molecular flexibility index (Phi) is 3.74. The van der Waals surface area contributed by atoms with E-state index in [-0.39, 0.29) is 5.75 Å². The van der Waals surface area contributed by atoms with E-state index in [1.54, 1.807) is 0 Å². The minimum absolute atomic E-state index is 0.0780. The van der Waals surface area contributed by atoms with Gasteiger partial charge in [0, 0.05) is 10.6 Å². The molecule has 2 nitrogen and oxygen atoms in total. The smallest absolute Gasteiger partial charge is 0.342 e. The second-order valence-electron chi connectivity index (χ2n) is 3.60. The number of halogens is 1. The summed E-state index contributed by atoms with van der Waals surface area (Å²) in [6.45, 7) is 3.04. The molecule has 1 N–H and O–H groups in total. The highest BCUT2D eigenvalue weighted by molar-refractivity contribution is 7.99. The van der Waals surface area contributed by atoms with E-state index in [9.17, 15) is 9.18 Å². The van der Waals surface area contributed by atoms with Gasteiger partial charge in [0.05, 0.1) is 0 Å². The van der Waals surface area contributed by atoms with Gasteiger partial charge in [-0.25, -0.2) is 9.18 Å². The van der Waals surface area contributed by atoms with E-state index in [4.69, 9.17) is 5.11 Å². The highest BCUT2D eigenvalue weighted by Crippen LogP contribution is 2.25. The Morgan fingerprint density at radius 1 is 1.47 bits per heavy atom. The third kappa shape index (κ3) is 3.55. The van der Waals surface area contributed by atoms with E-state index in [0.29, 0.717) is 0 Å². The average molecular weight is 228 g/mol. The van der Waals surface area contributed by atoms with Gasteiger partial charge in [-0.2, -0.15) is 0 Å². The molecule has 1 aromatic rings. The van der Waals surface area contributed by atoms with E-state index >= 15 is 0 Å². The van der Waals surface area contributed by atoms with Crippen LogP contribution < -0.4 is 0 Å².